The molecule has 0 aliphatic rings. The highest BCUT2D eigenvalue weighted by Gasteiger charge is 2.34. The molecule has 1 aromatic heterocycles. The van der Waals surface area contributed by atoms with Crippen molar-refractivity contribution in [3.05, 3.63) is 30.1 Å². The summed E-state index contributed by atoms with van der Waals surface area (Å²) in [6.07, 6.45) is 1.43. The van der Waals surface area contributed by atoms with Crippen molar-refractivity contribution in [1.82, 2.24) is 4.98 Å². The van der Waals surface area contributed by atoms with Crippen molar-refractivity contribution >= 4 is 17.5 Å². The predicted octanol–water partition coefficient (Wildman–Crippen LogP) is 1.19. The lowest BCUT2D eigenvalue weighted by molar-refractivity contribution is -0.144. The summed E-state index contributed by atoms with van der Waals surface area (Å²) in [6.45, 7) is 2.56. The van der Waals surface area contributed by atoms with Gasteiger partial charge in [0, 0.05) is 6.20 Å². The first-order valence-electron chi connectivity index (χ1n) is 5.13. The number of aromatic nitrogens is 1. The van der Waals surface area contributed by atoms with Crippen molar-refractivity contribution in [2.45, 2.75) is 13.8 Å². The van der Waals surface area contributed by atoms with Crippen molar-refractivity contribution in [2.75, 3.05) is 0 Å². The molecular weight excluding hydrogens is 222 g/mol. The van der Waals surface area contributed by atoms with Gasteiger partial charge in [-0.1, -0.05) is 13.0 Å². The molecule has 0 aliphatic heterocycles. The first-order valence-corrected chi connectivity index (χ1v) is 5.13. The second-order valence-corrected chi connectivity index (χ2v) is 3.79. The molecule has 1 aromatic rings. The van der Waals surface area contributed by atoms with E-state index in [-0.39, 0.29) is 5.69 Å². The number of ketones is 2. The van der Waals surface area contributed by atoms with E-state index in [1.54, 1.807) is 12.1 Å². The van der Waals surface area contributed by atoms with Crippen LogP contribution in [0.2, 0.25) is 0 Å². The maximum Gasteiger partial charge on any atom is 0.307 e. The standard InChI is InChI=1S/C12H13NO4/c1-7(12(16)17)10(8(2)14)11(15)9-5-3-4-6-13-9/h3-7,10H,1-2H3,(H,16,17). The molecule has 0 radical (unpaired) electrons. The summed E-state index contributed by atoms with van der Waals surface area (Å²) >= 11 is 0. The third-order valence-electron chi connectivity index (χ3n) is 2.53. The van der Waals surface area contributed by atoms with Crippen molar-refractivity contribution in [3.63, 3.8) is 0 Å². The molecule has 5 nitrogen and oxygen atoms in total. The Morgan fingerprint density at radius 1 is 1.29 bits per heavy atom. The summed E-state index contributed by atoms with van der Waals surface area (Å²) in [6, 6.07) is 4.72. The van der Waals surface area contributed by atoms with Gasteiger partial charge >= 0.3 is 5.97 Å². The Morgan fingerprint density at radius 2 is 1.94 bits per heavy atom. The van der Waals surface area contributed by atoms with Crippen LogP contribution < -0.4 is 0 Å². The minimum absolute atomic E-state index is 0.112. The van der Waals surface area contributed by atoms with E-state index >= 15 is 0 Å². The van der Waals surface area contributed by atoms with Crippen LogP contribution in [0.5, 0.6) is 0 Å². The molecule has 5 heteroatoms. The monoisotopic (exact) mass is 235 g/mol. The number of aliphatic carboxylic acids is 1. The van der Waals surface area contributed by atoms with Gasteiger partial charge in [-0.25, -0.2) is 0 Å². The average Bonchev–Trinajstić information content (AvgIpc) is 2.29. The third-order valence-corrected chi connectivity index (χ3v) is 2.53. The number of carboxylic acids is 1. The second-order valence-electron chi connectivity index (χ2n) is 3.79. The molecule has 0 spiro atoms. The largest absolute Gasteiger partial charge is 0.481 e. The van der Waals surface area contributed by atoms with E-state index < -0.39 is 29.4 Å². The minimum atomic E-state index is -1.18. The van der Waals surface area contributed by atoms with Gasteiger partial charge in [0.15, 0.2) is 5.78 Å². The lowest BCUT2D eigenvalue weighted by Gasteiger charge is -2.16. The topological polar surface area (TPSA) is 84.3 Å². The van der Waals surface area contributed by atoms with Crippen molar-refractivity contribution in [3.8, 4) is 0 Å². The first-order chi connectivity index (χ1) is 7.95. The smallest absolute Gasteiger partial charge is 0.307 e. The van der Waals surface area contributed by atoms with E-state index in [0.717, 1.165) is 0 Å². The van der Waals surface area contributed by atoms with Gasteiger partial charge in [0.25, 0.3) is 0 Å². The summed E-state index contributed by atoms with van der Waals surface area (Å²) in [4.78, 5) is 38.1. The molecule has 2 atom stereocenters. The first kappa shape index (κ1) is 13.0. The lowest BCUT2D eigenvalue weighted by atomic mass is 9.85. The fourth-order valence-electron chi connectivity index (χ4n) is 1.57. The Labute approximate surface area is 98.5 Å². The Balaban J connectivity index is 3.05. The van der Waals surface area contributed by atoms with Crippen LogP contribution in [0.1, 0.15) is 24.3 Å². The van der Waals surface area contributed by atoms with Crippen LogP contribution in [0.15, 0.2) is 24.4 Å². The number of nitrogens with zero attached hydrogens (tertiary/aromatic N) is 1. The summed E-state index contributed by atoms with van der Waals surface area (Å²) in [5, 5.41) is 8.87. The molecule has 1 heterocycles. The minimum Gasteiger partial charge on any atom is -0.481 e. The SMILES string of the molecule is CC(=O)C(C(=O)c1ccccn1)C(C)C(=O)O. The van der Waals surface area contributed by atoms with Gasteiger partial charge in [0.2, 0.25) is 0 Å². The molecule has 0 aromatic carbocycles. The van der Waals surface area contributed by atoms with Crippen LogP contribution >= 0.6 is 0 Å². The Kier molecular flexibility index (Phi) is 4.09. The normalized spacial score (nSPS) is 13.8. The Morgan fingerprint density at radius 3 is 2.35 bits per heavy atom. The number of rotatable bonds is 5. The van der Waals surface area contributed by atoms with Gasteiger partial charge in [-0.15, -0.1) is 0 Å². The van der Waals surface area contributed by atoms with Gasteiger partial charge in [0.1, 0.15) is 11.5 Å². The van der Waals surface area contributed by atoms with Crippen molar-refractivity contribution < 1.29 is 19.5 Å². The number of pyridine rings is 1. The zero-order valence-electron chi connectivity index (χ0n) is 9.58. The molecule has 0 amide bonds. The fourth-order valence-corrected chi connectivity index (χ4v) is 1.57. The molecule has 17 heavy (non-hydrogen) atoms. The molecule has 1 rings (SSSR count). The lowest BCUT2D eigenvalue weighted by Crippen LogP contribution is -2.33. The molecule has 0 bridgehead atoms. The van der Waals surface area contributed by atoms with E-state index in [1.807, 2.05) is 0 Å². The highest BCUT2D eigenvalue weighted by Crippen LogP contribution is 2.18. The van der Waals surface area contributed by atoms with Crippen LogP contribution in [-0.4, -0.2) is 27.6 Å². The summed E-state index contributed by atoms with van der Waals surface area (Å²) < 4.78 is 0. The van der Waals surface area contributed by atoms with Gasteiger partial charge < -0.3 is 5.11 Å². The molecule has 0 saturated carbocycles. The van der Waals surface area contributed by atoms with Crippen LogP contribution in [-0.2, 0) is 9.59 Å². The van der Waals surface area contributed by atoms with Crippen molar-refractivity contribution in [1.29, 1.82) is 0 Å². The molecule has 0 aliphatic carbocycles. The zero-order chi connectivity index (χ0) is 13.0. The summed E-state index contributed by atoms with van der Waals surface area (Å²) in [5.74, 6) is -4.41. The molecule has 1 N–H and O–H groups in total. The number of carbonyl (C=O) groups excluding carboxylic acids is 2. The molecule has 0 fully saturated rings. The number of carbonyl (C=O) groups is 3. The molecule has 2 unspecified atom stereocenters. The number of hydrogen-bond donors (Lipinski definition) is 1. The van der Waals surface area contributed by atoms with Gasteiger partial charge in [0.05, 0.1) is 11.8 Å². The Bertz CT molecular complexity index is 441. The highest BCUT2D eigenvalue weighted by atomic mass is 16.4. The number of carboxylic acid groups (broad SMARTS) is 1. The van der Waals surface area contributed by atoms with Gasteiger partial charge in [-0.2, -0.15) is 0 Å². The highest BCUT2D eigenvalue weighted by molar-refractivity contribution is 6.11. The fraction of sp³-hybridized carbons (Fsp3) is 0.333. The molecular formula is C12H13NO4. The summed E-state index contributed by atoms with van der Waals surface area (Å²) in [7, 11) is 0. The van der Waals surface area contributed by atoms with Crippen LogP contribution in [0.3, 0.4) is 0 Å². The maximum absolute atomic E-state index is 12.0. The number of Topliss-reactive ketones (excluding diaryl/α,β-unsaturated/α-hetero) is 2. The molecule has 90 valence electrons. The van der Waals surface area contributed by atoms with E-state index in [2.05, 4.69) is 4.98 Å². The van der Waals surface area contributed by atoms with Crippen LogP contribution in [0.25, 0.3) is 0 Å². The van der Waals surface area contributed by atoms with Gasteiger partial charge in [-0.05, 0) is 19.1 Å². The summed E-state index contributed by atoms with van der Waals surface area (Å²) in [5.41, 5.74) is 0.112. The second kappa shape index (κ2) is 5.34. The Hall–Kier alpha value is -2.04. The predicted molar refractivity (Wildman–Crippen MR) is 59.5 cm³/mol. The van der Waals surface area contributed by atoms with E-state index in [1.165, 1.54) is 26.1 Å². The van der Waals surface area contributed by atoms with E-state index in [9.17, 15) is 14.4 Å². The third kappa shape index (κ3) is 2.96. The zero-order valence-corrected chi connectivity index (χ0v) is 9.58. The maximum atomic E-state index is 12.0. The van der Waals surface area contributed by atoms with E-state index in [0.29, 0.717) is 0 Å². The molecule has 0 saturated heterocycles. The number of hydrogen-bond acceptors (Lipinski definition) is 4. The van der Waals surface area contributed by atoms with Crippen molar-refractivity contribution in [2.24, 2.45) is 11.8 Å². The quantitative estimate of drug-likeness (QED) is 0.612. The van der Waals surface area contributed by atoms with Crippen LogP contribution in [0.4, 0.5) is 0 Å². The van der Waals surface area contributed by atoms with E-state index in [4.69, 9.17) is 5.11 Å². The van der Waals surface area contributed by atoms with Crippen LogP contribution in [0, 0.1) is 11.8 Å². The van der Waals surface area contributed by atoms with Gasteiger partial charge in [-0.3, -0.25) is 19.4 Å². The average molecular weight is 235 g/mol.